The molecule has 0 spiro atoms. The lowest BCUT2D eigenvalue weighted by Gasteiger charge is -2.38. The summed E-state index contributed by atoms with van der Waals surface area (Å²) >= 11 is 1.25. The zero-order valence-corrected chi connectivity index (χ0v) is 22.3. The molecule has 3 aromatic rings. The summed E-state index contributed by atoms with van der Waals surface area (Å²) in [6.45, 7) is 2.52. The number of pyridine rings is 1. The summed E-state index contributed by atoms with van der Waals surface area (Å²) in [4.78, 5) is 6.96. The lowest BCUT2D eigenvalue weighted by molar-refractivity contribution is -0.139. The van der Waals surface area contributed by atoms with Crippen LogP contribution in [0, 0.1) is 11.8 Å². The highest BCUT2D eigenvalue weighted by Gasteiger charge is 2.33. The van der Waals surface area contributed by atoms with E-state index in [-0.39, 0.29) is 17.4 Å². The summed E-state index contributed by atoms with van der Waals surface area (Å²) in [6.07, 6.45) is -0.177. The summed E-state index contributed by atoms with van der Waals surface area (Å²) in [5.74, 6) is 1.74. The van der Waals surface area contributed by atoms with Gasteiger partial charge in [-0.25, -0.2) is 0 Å². The number of ether oxygens (including phenoxy) is 1. The molecule has 0 aliphatic carbocycles. The number of piperidine rings is 1. The van der Waals surface area contributed by atoms with Crippen LogP contribution in [0.1, 0.15) is 42.9 Å². The first-order valence-corrected chi connectivity index (χ1v) is 14.0. The third-order valence-electron chi connectivity index (χ3n) is 7.43. The van der Waals surface area contributed by atoms with Crippen LogP contribution in [-0.4, -0.2) is 59.2 Å². The minimum Gasteiger partial charge on any atom is -0.497 e. The summed E-state index contributed by atoms with van der Waals surface area (Å²) in [5.41, 5.74) is 1.06. The van der Waals surface area contributed by atoms with E-state index in [1.54, 1.807) is 19.4 Å². The van der Waals surface area contributed by atoms with Gasteiger partial charge < -0.3 is 19.8 Å². The summed E-state index contributed by atoms with van der Waals surface area (Å²) < 4.78 is 45.0. The van der Waals surface area contributed by atoms with Gasteiger partial charge in [-0.1, -0.05) is 12.1 Å². The van der Waals surface area contributed by atoms with Crippen molar-refractivity contribution in [3.63, 3.8) is 0 Å². The van der Waals surface area contributed by atoms with Crippen LogP contribution >= 0.6 is 11.8 Å². The second kappa shape index (κ2) is 13.2. The summed E-state index contributed by atoms with van der Waals surface area (Å²) in [5, 5.41) is 22.0. The van der Waals surface area contributed by atoms with Crippen LogP contribution in [0.3, 0.4) is 0 Å². The number of aliphatic hydroxyl groups is 2. The highest BCUT2D eigenvalue weighted by atomic mass is 32.2. The molecule has 0 radical (unpaired) electrons. The van der Waals surface area contributed by atoms with E-state index in [2.05, 4.69) is 9.88 Å². The largest absolute Gasteiger partial charge is 0.497 e. The van der Waals surface area contributed by atoms with Crippen molar-refractivity contribution in [1.29, 1.82) is 0 Å². The van der Waals surface area contributed by atoms with Gasteiger partial charge in [0.05, 0.1) is 24.3 Å². The van der Waals surface area contributed by atoms with Crippen molar-refractivity contribution in [2.24, 2.45) is 11.8 Å². The van der Waals surface area contributed by atoms with Gasteiger partial charge in [-0.2, -0.15) is 13.2 Å². The van der Waals surface area contributed by atoms with Crippen LogP contribution < -0.4 is 4.74 Å². The van der Waals surface area contributed by atoms with Gasteiger partial charge in [0.25, 0.3) is 0 Å². The predicted octanol–water partition coefficient (Wildman–Crippen LogP) is 6.19. The molecule has 3 atom stereocenters. The highest BCUT2D eigenvalue weighted by molar-refractivity contribution is 7.99. The Balaban J connectivity index is 1.26. The van der Waals surface area contributed by atoms with Crippen molar-refractivity contribution in [2.75, 3.05) is 39.1 Å². The zero-order chi connectivity index (χ0) is 27.1. The maximum atomic E-state index is 13.2. The third-order valence-corrected chi connectivity index (χ3v) is 8.59. The Hall–Kier alpha value is -2.33. The molecule has 1 aliphatic heterocycles. The van der Waals surface area contributed by atoms with Gasteiger partial charge in [0.2, 0.25) is 0 Å². The van der Waals surface area contributed by atoms with Crippen LogP contribution in [0.4, 0.5) is 13.2 Å². The molecular weight excluding hydrogens is 513 g/mol. The average Bonchev–Trinajstić information content (AvgIpc) is 2.93. The van der Waals surface area contributed by atoms with Gasteiger partial charge in [0, 0.05) is 29.6 Å². The van der Waals surface area contributed by atoms with Crippen LogP contribution in [0.25, 0.3) is 10.9 Å². The minimum atomic E-state index is -4.34. The number of alkyl halides is 3. The van der Waals surface area contributed by atoms with Gasteiger partial charge in [0.1, 0.15) is 5.75 Å². The molecule has 1 aromatic heterocycles. The van der Waals surface area contributed by atoms with Gasteiger partial charge in [-0.3, -0.25) is 4.98 Å². The van der Waals surface area contributed by atoms with E-state index in [9.17, 15) is 23.4 Å². The number of hydrogen-bond acceptors (Lipinski definition) is 6. The number of fused-ring (bicyclic) bond motifs is 1. The van der Waals surface area contributed by atoms with Gasteiger partial charge >= 0.3 is 6.18 Å². The fourth-order valence-corrected chi connectivity index (χ4v) is 6.34. The van der Waals surface area contributed by atoms with E-state index in [0.717, 1.165) is 67.2 Å². The second-order valence-electron chi connectivity index (χ2n) is 9.86. The zero-order valence-electron chi connectivity index (χ0n) is 21.5. The molecule has 0 saturated carbocycles. The first kappa shape index (κ1) is 28.7. The Morgan fingerprint density at radius 3 is 2.74 bits per heavy atom. The Morgan fingerprint density at radius 1 is 1.16 bits per heavy atom. The predicted molar refractivity (Wildman–Crippen MR) is 144 cm³/mol. The normalized spacial score (nSPS) is 19.5. The van der Waals surface area contributed by atoms with E-state index >= 15 is 0 Å². The molecule has 2 heterocycles. The number of thioether (sulfide) groups is 1. The number of methoxy groups -OCH3 is 1. The monoisotopic (exact) mass is 548 g/mol. The van der Waals surface area contributed by atoms with Gasteiger partial charge in [-0.15, -0.1) is 11.8 Å². The number of likely N-dealkylation sites (tertiary alicyclic amines) is 1. The number of nitrogens with zero attached hydrogens (tertiary/aromatic N) is 2. The molecule has 0 amide bonds. The van der Waals surface area contributed by atoms with Crippen LogP contribution in [0.2, 0.25) is 0 Å². The Bertz CT molecular complexity index is 1190. The number of benzene rings is 2. The maximum absolute atomic E-state index is 13.2. The second-order valence-corrected chi connectivity index (χ2v) is 11.0. The van der Waals surface area contributed by atoms with E-state index in [0.29, 0.717) is 18.1 Å². The van der Waals surface area contributed by atoms with E-state index < -0.39 is 17.8 Å². The van der Waals surface area contributed by atoms with Gasteiger partial charge in [-0.05, 0) is 98.3 Å². The smallest absolute Gasteiger partial charge is 0.417 e. The molecule has 4 rings (SSSR count). The summed E-state index contributed by atoms with van der Waals surface area (Å²) in [7, 11) is 1.61. The number of halogens is 3. The molecule has 2 aromatic carbocycles. The molecular formula is C29H35F3N2O3S. The quantitative estimate of drug-likeness (QED) is 0.220. The number of aromatic nitrogens is 1. The Kier molecular flexibility index (Phi) is 9.92. The fourth-order valence-electron chi connectivity index (χ4n) is 5.33. The Morgan fingerprint density at radius 2 is 1.97 bits per heavy atom. The average molecular weight is 549 g/mol. The number of aliphatic hydroxyl groups excluding tert-OH is 2. The SMILES string of the molecule is COc1ccc2nccc([C@@H](O)CC[C@@H]3CCN(CCCSc4ccccc4C(F)(F)F)C[C@@H]3CO)c2c1. The van der Waals surface area contributed by atoms with E-state index in [1.807, 2.05) is 24.3 Å². The fraction of sp³-hybridized carbons (Fsp3) is 0.483. The third kappa shape index (κ3) is 7.20. The molecule has 1 saturated heterocycles. The molecule has 1 aliphatic rings. The lowest BCUT2D eigenvalue weighted by atomic mass is 9.81. The van der Waals surface area contributed by atoms with Crippen molar-refractivity contribution in [3.8, 4) is 5.75 Å². The molecule has 1 fully saturated rings. The first-order valence-electron chi connectivity index (χ1n) is 13.0. The molecule has 206 valence electrons. The van der Waals surface area contributed by atoms with Crippen LogP contribution in [-0.2, 0) is 6.18 Å². The van der Waals surface area contributed by atoms with Crippen molar-refractivity contribution in [1.82, 2.24) is 9.88 Å². The first-order chi connectivity index (χ1) is 18.3. The van der Waals surface area contributed by atoms with Gasteiger partial charge in [0.15, 0.2) is 0 Å². The molecule has 9 heteroatoms. The molecule has 0 unspecified atom stereocenters. The minimum absolute atomic E-state index is 0.0837. The molecule has 5 nitrogen and oxygen atoms in total. The Labute approximate surface area is 226 Å². The summed E-state index contributed by atoms with van der Waals surface area (Å²) in [6, 6.07) is 13.2. The number of hydrogen-bond donors (Lipinski definition) is 2. The van der Waals surface area contributed by atoms with Crippen molar-refractivity contribution in [2.45, 2.75) is 42.9 Å². The van der Waals surface area contributed by atoms with Crippen LogP contribution in [0.5, 0.6) is 5.75 Å². The number of rotatable bonds is 11. The van der Waals surface area contributed by atoms with Crippen molar-refractivity contribution >= 4 is 22.7 Å². The molecule has 2 N–H and O–H groups in total. The maximum Gasteiger partial charge on any atom is 0.417 e. The molecule has 38 heavy (non-hydrogen) atoms. The van der Waals surface area contributed by atoms with E-state index in [4.69, 9.17) is 4.74 Å². The van der Waals surface area contributed by atoms with E-state index in [1.165, 1.54) is 23.9 Å². The van der Waals surface area contributed by atoms with Crippen molar-refractivity contribution in [3.05, 3.63) is 65.9 Å². The molecule has 0 bridgehead atoms. The van der Waals surface area contributed by atoms with Crippen LogP contribution in [0.15, 0.2) is 59.6 Å². The standard InChI is InChI=1S/C29H35F3N2O3S/c1-37-22-8-9-26-24(17-22)23(11-13-33-26)27(36)10-7-20-12-15-34(18-21(20)19-35)14-4-16-38-28-6-3-2-5-25(28)29(30,31)32/h2-3,5-6,8-9,11,13,17,20-21,27,35-36H,4,7,10,12,14-16,18-19H2,1H3/t20-,21-,27+/m1/s1. The highest BCUT2D eigenvalue weighted by Crippen LogP contribution is 2.37. The van der Waals surface area contributed by atoms with Crippen molar-refractivity contribution < 1.29 is 28.1 Å². The lowest BCUT2D eigenvalue weighted by Crippen LogP contribution is -2.42. The topological polar surface area (TPSA) is 65.8 Å².